The molecule has 1 atom stereocenters. The maximum Gasteiger partial charge on any atom is 0.181 e. The van der Waals surface area contributed by atoms with Gasteiger partial charge in [-0.25, -0.2) is 0 Å². The molecule has 0 aromatic carbocycles. The summed E-state index contributed by atoms with van der Waals surface area (Å²) in [6, 6.07) is 0. The van der Waals surface area contributed by atoms with E-state index in [9.17, 15) is 0 Å². The lowest BCUT2D eigenvalue weighted by Gasteiger charge is -2.32. The fourth-order valence-corrected chi connectivity index (χ4v) is 2.48. The lowest BCUT2D eigenvalue weighted by atomic mass is 10.1. The van der Waals surface area contributed by atoms with Crippen molar-refractivity contribution in [2.24, 2.45) is 0 Å². The quantitative estimate of drug-likeness (QED) is 0.829. The molecule has 2 aliphatic heterocycles. The predicted octanol–water partition coefficient (Wildman–Crippen LogP) is 1.94. The zero-order valence-electron chi connectivity index (χ0n) is 9.45. The van der Waals surface area contributed by atoms with Gasteiger partial charge in [0.1, 0.15) is 24.3 Å². The van der Waals surface area contributed by atoms with Crippen LogP contribution in [0.1, 0.15) is 19.3 Å². The summed E-state index contributed by atoms with van der Waals surface area (Å²) in [5.41, 5.74) is 0.981. The predicted molar refractivity (Wildman–Crippen MR) is 61.9 cm³/mol. The van der Waals surface area contributed by atoms with Gasteiger partial charge >= 0.3 is 0 Å². The summed E-state index contributed by atoms with van der Waals surface area (Å²) in [7, 11) is 0. The molecule has 0 aliphatic carbocycles. The Hall–Kier alpha value is -1.16. The van der Waals surface area contributed by atoms with E-state index >= 15 is 0 Å². The van der Waals surface area contributed by atoms with E-state index in [2.05, 4.69) is 10.2 Å². The molecular weight excluding hydrogens is 204 g/mol. The molecule has 3 heterocycles. The van der Waals surface area contributed by atoms with Crippen LogP contribution < -0.4 is 10.1 Å². The minimum Gasteiger partial charge on any atom is -0.482 e. The van der Waals surface area contributed by atoms with Crippen molar-refractivity contribution in [3.05, 3.63) is 12.5 Å². The van der Waals surface area contributed by atoms with Crippen LogP contribution in [0.4, 0.5) is 5.69 Å². The van der Waals surface area contributed by atoms with Gasteiger partial charge in [0.05, 0.1) is 6.54 Å². The largest absolute Gasteiger partial charge is 0.482 e. The minimum absolute atomic E-state index is 0.253. The monoisotopic (exact) mass is 222 g/mol. The number of piperidine rings is 1. The summed E-state index contributed by atoms with van der Waals surface area (Å²) >= 11 is 0. The molecule has 0 spiro atoms. The number of furan rings is 1. The second-order valence-corrected chi connectivity index (χ2v) is 4.63. The van der Waals surface area contributed by atoms with E-state index < -0.39 is 0 Å². The number of hydrogen-bond acceptors (Lipinski definition) is 4. The number of hydrogen-bond donors (Lipinski definition) is 1. The van der Waals surface area contributed by atoms with Gasteiger partial charge in [0.2, 0.25) is 0 Å². The van der Waals surface area contributed by atoms with Crippen LogP contribution in [0.5, 0.6) is 5.75 Å². The van der Waals surface area contributed by atoms with Crippen LogP contribution in [-0.4, -0.2) is 37.2 Å². The van der Waals surface area contributed by atoms with Gasteiger partial charge in [-0.3, -0.25) is 4.90 Å². The topological polar surface area (TPSA) is 37.6 Å². The highest BCUT2D eigenvalue weighted by atomic mass is 16.5. The normalized spacial score (nSPS) is 25.6. The lowest BCUT2D eigenvalue weighted by molar-refractivity contribution is 0.122. The second-order valence-electron chi connectivity index (χ2n) is 4.63. The third-order valence-corrected chi connectivity index (χ3v) is 3.35. The van der Waals surface area contributed by atoms with Crippen LogP contribution in [0, 0.1) is 0 Å². The first kappa shape index (κ1) is 10.0. The smallest absolute Gasteiger partial charge is 0.181 e. The Labute approximate surface area is 95.6 Å². The van der Waals surface area contributed by atoms with Gasteiger partial charge in [-0.05, 0) is 25.9 Å². The highest BCUT2D eigenvalue weighted by Crippen LogP contribution is 2.30. The SMILES string of the molecule is c1occ2c1NCC(CN1CCCCC1)O2. The molecule has 4 heteroatoms. The molecule has 1 aromatic heterocycles. The lowest BCUT2D eigenvalue weighted by Crippen LogP contribution is -2.43. The van der Waals surface area contributed by atoms with Crippen LogP contribution >= 0.6 is 0 Å². The Balaban J connectivity index is 1.57. The summed E-state index contributed by atoms with van der Waals surface area (Å²) in [5.74, 6) is 0.855. The van der Waals surface area contributed by atoms with Gasteiger partial charge in [-0.2, -0.15) is 0 Å². The number of ether oxygens (including phenoxy) is 1. The molecular formula is C12H18N2O2. The van der Waals surface area contributed by atoms with Crippen molar-refractivity contribution in [1.82, 2.24) is 4.90 Å². The first-order valence-electron chi connectivity index (χ1n) is 6.11. The summed E-state index contributed by atoms with van der Waals surface area (Å²) in [6.07, 6.45) is 7.67. The molecule has 88 valence electrons. The van der Waals surface area contributed by atoms with Crippen LogP contribution in [0.25, 0.3) is 0 Å². The van der Waals surface area contributed by atoms with E-state index in [0.717, 1.165) is 24.5 Å². The Kier molecular flexibility index (Phi) is 2.74. The van der Waals surface area contributed by atoms with Crippen molar-refractivity contribution in [3.63, 3.8) is 0 Å². The molecule has 1 fully saturated rings. The molecule has 1 saturated heterocycles. The van der Waals surface area contributed by atoms with Gasteiger partial charge in [0.25, 0.3) is 0 Å². The first-order chi connectivity index (χ1) is 7.92. The summed E-state index contributed by atoms with van der Waals surface area (Å²) in [4.78, 5) is 2.50. The van der Waals surface area contributed by atoms with Crippen LogP contribution in [0.3, 0.4) is 0 Å². The van der Waals surface area contributed by atoms with E-state index in [1.54, 1.807) is 12.5 Å². The van der Waals surface area contributed by atoms with E-state index in [-0.39, 0.29) is 6.10 Å². The van der Waals surface area contributed by atoms with Gasteiger partial charge in [-0.15, -0.1) is 0 Å². The number of fused-ring (bicyclic) bond motifs is 1. The van der Waals surface area contributed by atoms with Crippen molar-refractivity contribution in [1.29, 1.82) is 0 Å². The third kappa shape index (κ3) is 2.02. The Morgan fingerprint density at radius 3 is 3.00 bits per heavy atom. The molecule has 0 amide bonds. The number of anilines is 1. The number of rotatable bonds is 2. The fraction of sp³-hybridized carbons (Fsp3) is 0.667. The number of nitrogens with one attached hydrogen (secondary N) is 1. The third-order valence-electron chi connectivity index (χ3n) is 3.35. The molecule has 1 aromatic rings. The Morgan fingerprint density at radius 1 is 1.25 bits per heavy atom. The van der Waals surface area contributed by atoms with E-state index in [1.165, 1.54) is 32.4 Å². The second kappa shape index (κ2) is 4.37. The van der Waals surface area contributed by atoms with Crippen LogP contribution in [-0.2, 0) is 0 Å². The zero-order valence-corrected chi connectivity index (χ0v) is 9.45. The molecule has 1 N–H and O–H groups in total. The average Bonchev–Trinajstić information content (AvgIpc) is 2.77. The molecule has 0 saturated carbocycles. The number of nitrogens with zero attached hydrogens (tertiary/aromatic N) is 1. The molecule has 0 radical (unpaired) electrons. The van der Waals surface area contributed by atoms with Crippen molar-refractivity contribution in [3.8, 4) is 5.75 Å². The van der Waals surface area contributed by atoms with Gasteiger partial charge in [-0.1, -0.05) is 6.42 Å². The van der Waals surface area contributed by atoms with Gasteiger partial charge in [0, 0.05) is 6.54 Å². The van der Waals surface area contributed by atoms with Crippen molar-refractivity contribution in [2.45, 2.75) is 25.4 Å². The van der Waals surface area contributed by atoms with Crippen LogP contribution in [0.2, 0.25) is 0 Å². The standard InChI is InChI=1S/C12H18N2O2/c1-2-4-14(5-3-1)7-10-6-13-11-8-15-9-12(11)16-10/h8-10,13H,1-7H2. The fourth-order valence-electron chi connectivity index (χ4n) is 2.48. The highest BCUT2D eigenvalue weighted by Gasteiger charge is 2.23. The maximum absolute atomic E-state index is 5.88. The highest BCUT2D eigenvalue weighted by molar-refractivity contribution is 5.55. The zero-order chi connectivity index (χ0) is 10.8. The maximum atomic E-state index is 5.88. The van der Waals surface area contributed by atoms with Crippen molar-refractivity contribution >= 4 is 5.69 Å². The van der Waals surface area contributed by atoms with E-state index in [1.807, 2.05) is 0 Å². The summed E-state index contributed by atoms with van der Waals surface area (Å²) in [6.45, 7) is 4.34. The molecule has 16 heavy (non-hydrogen) atoms. The molecule has 3 rings (SSSR count). The molecule has 4 nitrogen and oxygen atoms in total. The number of likely N-dealkylation sites (tertiary alicyclic amines) is 1. The Morgan fingerprint density at radius 2 is 2.12 bits per heavy atom. The Bertz CT molecular complexity index is 345. The summed E-state index contributed by atoms with van der Waals surface area (Å²) in [5, 5.41) is 3.34. The van der Waals surface area contributed by atoms with Gasteiger partial charge in [0.15, 0.2) is 5.75 Å². The average molecular weight is 222 g/mol. The minimum atomic E-state index is 0.253. The summed E-state index contributed by atoms with van der Waals surface area (Å²) < 4.78 is 11.0. The van der Waals surface area contributed by atoms with E-state index in [0.29, 0.717) is 0 Å². The van der Waals surface area contributed by atoms with Crippen molar-refractivity contribution < 1.29 is 9.15 Å². The van der Waals surface area contributed by atoms with E-state index in [4.69, 9.17) is 9.15 Å². The molecule has 1 unspecified atom stereocenters. The van der Waals surface area contributed by atoms with Crippen molar-refractivity contribution in [2.75, 3.05) is 31.5 Å². The van der Waals surface area contributed by atoms with Gasteiger partial charge < -0.3 is 14.5 Å². The first-order valence-corrected chi connectivity index (χ1v) is 6.11. The molecule has 0 bridgehead atoms. The molecule has 2 aliphatic rings. The van der Waals surface area contributed by atoms with Crippen LogP contribution in [0.15, 0.2) is 16.9 Å².